The molecular formula is C19H25N3O4S. The first kappa shape index (κ1) is 20.8. The Morgan fingerprint density at radius 3 is 2.78 bits per heavy atom. The minimum absolute atomic E-state index is 0.218. The number of para-hydroxylation sites is 1. The molecule has 2 N–H and O–H groups in total. The molecule has 1 aromatic heterocycles. The highest BCUT2D eigenvalue weighted by Gasteiger charge is 2.16. The lowest BCUT2D eigenvalue weighted by atomic mass is 10.2. The molecular weight excluding hydrogens is 366 g/mol. The van der Waals surface area contributed by atoms with Crippen LogP contribution in [0.15, 0.2) is 24.3 Å². The summed E-state index contributed by atoms with van der Waals surface area (Å²) < 4.78 is 6.09. The van der Waals surface area contributed by atoms with Crippen molar-refractivity contribution in [1.29, 1.82) is 0 Å². The molecule has 146 valence electrons. The summed E-state index contributed by atoms with van der Waals surface area (Å²) in [6.07, 6.45) is 2.34. The normalized spacial score (nSPS) is 11.8. The van der Waals surface area contributed by atoms with E-state index < -0.39 is 17.9 Å². The van der Waals surface area contributed by atoms with E-state index in [9.17, 15) is 14.4 Å². The fourth-order valence-corrected chi connectivity index (χ4v) is 3.39. The lowest BCUT2D eigenvalue weighted by Gasteiger charge is -2.13. The molecule has 0 unspecified atom stereocenters. The van der Waals surface area contributed by atoms with Crippen molar-refractivity contribution in [1.82, 2.24) is 15.6 Å². The van der Waals surface area contributed by atoms with Gasteiger partial charge in [0.25, 0.3) is 5.91 Å². The minimum atomic E-state index is -0.665. The van der Waals surface area contributed by atoms with Gasteiger partial charge in [-0.1, -0.05) is 19.1 Å². The van der Waals surface area contributed by atoms with Crippen LogP contribution in [0.4, 0.5) is 0 Å². The third kappa shape index (κ3) is 6.97. The molecule has 1 heterocycles. The van der Waals surface area contributed by atoms with Crippen molar-refractivity contribution < 1.29 is 19.1 Å². The van der Waals surface area contributed by atoms with Crippen LogP contribution < -0.4 is 10.6 Å². The van der Waals surface area contributed by atoms with E-state index in [0.29, 0.717) is 19.4 Å². The summed E-state index contributed by atoms with van der Waals surface area (Å²) in [6.45, 7) is 3.70. The van der Waals surface area contributed by atoms with Crippen LogP contribution in [-0.2, 0) is 25.5 Å². The van der Waals surface area contributed by atoms with Gasteiger partial charge >= 0.3 is 5.97 Å². The maximum absolute atomic E-state index is 11.8. The summed E-state index contributed by atoms with van der Waals surface area (Å²) in [6, 6.07) is 7.24. The summed E-state index contributed by atoms with van der Waals surface area (Å²) in [4.78, 5) is 39.7. The molecule has 2 rings (SSSR count). The van der Waals surface area contributed by atoms with Gasteiger partial charge in [-0.05, 0) is 38.3 Å². The maximum Gasteiger partial charge on any atom is 0.306 e. The van der Waals surface area contributed by atoms with E-state index in [4.69, 9.17) is 4.74 Å². The van der Waals surface area contributed by atoms with Crippen LogP contribution in [0.25, 0.3) is 10.2 Å². The second-order valence-electron chi connectivity index (χ2n) is 6.17. The van der Waals surface area contributed by atoms with E-state index in [0.717, 1.165) is 21.6 Å². The Morgan fingerprint density at radius 2 is 2.04 bits per heavy atom. The van der Waals surface area contributed by atoms with Crippen LogP contribution in [0.2, 0.25) is 0 Å². The predicted octanol–water partition coefficient (Wildman–Crippen LogP) is 2.19. The second kappa shape index (κ2) is 10.6. The molecule has 0 radical (unpaired) electrons. The van der Waals surface area contributed by atoms with Gasteiger partial charge in [-0.3, -0.25) is 14.4 Å². The van der Waals surface area contributed by atoms with Gasteiger partial charge in [-0.2, -0.15) is 0 Å². The van der Waals surface area contributed by atoms with Gasteiger partial charge in [0.15, 0.2) is 6.61 Å². The Hall–Kier alpha value is -2.48. The number of hydrogen-bond acceptors (Lipinski definition) is 6. The van der Waals surface area contributed by atoms with Crippen molar-refractivity contribution in [3.8, 4) is 0 Å². The van der Waals surface area contributed by atoms with Gasteiger partial charge in [0, 0.05) is 13.0 Å². The van der Waals surface area contributed by atoms with Crippen LogP contribution in [0.1, 0.15) is 38.1 Å². The number of benzene rings is 1. The van der Waals surface area contributed by atoms with Crippen LogP contribution in [-0.4, -0.2) is 42.0 Å². The van der Waals surface area contributed by atoms with E-state index in [2.05, 4.69) is 15.6 Å². The molecule has 2 aromatic rings. The first-order valence-corrected chi connectivity index (χ1v) is 9.88. The summed E-state index contributed by atoms with van der Waals surface area (Å²) in [5.74, 6) is -1.18. The first-order chi connectivity index (χ1) is 13.0. The summed E-state index contributed by atoms with van der Waals surface area (Å²) in [5.41, 5.74) is 0.967. The highest BCUT2D eigenvalue weighted by molar-refractivity contribution is 7.18. The number of esters is 1. The molecule has 0 bridgehead atoms. The highest BCUT2D eigenvalue weighted by atomic mass is 32.1. The molecule has 0 spiro atoms. The number of rotatable bonds is 10. The lowest BCUT2D eigenvalue weighted by Crippen LogP contribution is -2.46. The average molecular weight is 391 g/mol. The minimum Gasteiger partial charge on any atom is -0.456 e. The molecule has 0 saturated carbocycles. The van der Waals surface area contributed by atoms with Crippen LogP contribution in [0.5, 0.6) is 0 Å². The van der Waals surface area contributed by atoms with Gasteiger partial charge < -0.3 is 15.4 Å². The molecule has 7 nitrogen and oxygen atoms in total. The Morgan fingerprint density at radius 1 is 1.26 bits per heavy atom. The van der Waals surface area contributed by atoms with Gasteiger partial charge in [0.2, 0.25) is 5.91 Å². The highest BCUT2D eigenvalue weighted by Crippen LogP contribution is 2.22. The average Bonchev–Trinajstić information content (AvgIpc) is 3.07. The summed E-state index contributed by atoms with van der Waals surface area (Å²) in [7, 11) is 0. The zero-order valence-electron chi connectivity index (χ0n) is 15.6. The van der Waals surface area contributed by atoms with E-state index >= 15 is 0 Å². The van der Waals surface area contributed by atoms with Gasteiger partial charge in [0.1, 0.15) is 6.04 Å². The fraction of sp³-hybridized carbons (Fsp3) is 0.474. The molecule has 2 amide bonds. The zero-order valence-corrected chi connectivity index (χ0v) is 16.4. The number of aryl methyl sites for hydroxylation is 1. The Labute approximate surface area is 162 Å². The number of hydrogen-bond donors (Lipinski definition) is 2. The first-order valence-electron chi connectivity index (χ1n) is 9.06. The van der Waals surface area contributed by atoms with Crippen molar-refractivity contribution in [3.63, 3.8) is 0 Å². The summed E-state index contributed by atoms with van der Waals surface area (Å²) in [5, 5.41) is 6.17. The third-order valence-electron chi connectivity index (χ3n) is 3.79. The number of carbonyl (C=O) groups excluding carboxylic acids is 3. The molecule has 0 saturated heterocycles. The number of nitrogens with one attached hydrogen (secondary N) is 2. The SMILES string of the molecule is CCCNC(=O)[C@H](C)NC(=O)COC(=O)CCCc1nc2ccccc2s1. The molecule has 0 aliphatic carbocycles. The van der Waals surface area contributed by atoms with Crippen LogP contribution >= 0.6 is 11.3 Å². The van der Waals surface area contributed by atoms with Crippen LogP contribution in [0, 0.1) is 0 Å². The quantitative estimate of drug-likeness (QED) is 0.605. The van der Waals surface area contributed by atoms with Crippen molar-refractivity contribution in [2.45, 2.75) is 45.6 Å². The van der Waals surface area contributed by atoms with E-state index in [-0.39, 0.29) is 18.9 Å². The van der Waals surface area contributed by atoms with Crippen LogP contribution in [0.3, 0.4) is 0 Å². The zero-order chi connectivity index (χ0) is 19.6. The standard InChI is InChI=1S/C19H25N3O4S/c1-3-11-20-19(25)13(2)21-16(23)12-26-18(24)10-6-9-17-22-14-7-4-5-8-15(14)27-17/h4-5,7-8,13H,3,6,9-12H2,1-2H3,(H,20,25)(H,21,23)/t13-/m0/s1. The van der Waals surface area contributed by atoms with Crippen molar-refractivity contribution >= 4 is 39.3 Å². The largest absolute Gasteiger partial charge is 0.456 e. The molecule has 0 aliphatic rings. The molecule has 8 heteroatoms. The fourth-order valence-electron chi connectivity index (χ4n) is 2.38. The Kier molecular flexibility index (Phi) is 8.19. The molecule has 0 fully saturated rings. The van der Waals surface area contributed by atoms with E-state index in [1.165, 1.54) is 0 Å². The van der Waals surface area contributed by atoms with E-state index in [1.54, 1.807) is 18.3 Å². The van der Waals surface area contributed by atoms with E-state index in [1.807, 2.05) is 31.2 Å². The number of fused-ring (bicyclic) bond motifs is 1. The van der Waals surface area contributed by atoms with Gasteiger partial charge in [0.05, 0.1) is 15.2 Å². The molecule has 1 aromatic carbocycles. The van der Waals surface area contributed by atoms with Crippen molar-refractivity contribution in [3.05, 3.63) is 29.3 Å². The third-order valence-corrected chi connectivity index (χ3v) is 4.89. The Balaban J connectivity index is 1.63. The molecule has 1 atom stereocenters. The number of carbonyl (C=O) groups is 3. The lowest BCUT2D eigenvalue weighted by molar-refractivity contribution is -0.149. The second-order valence-corrected chi connectivity index (χ2v) is 7.28. The predicted molar refractivity (Wildman–Crippen MR) is 104 cm³/mol. The number of nitrogens with zero attached hydrogens (tertiary/aromatic N) is 1. The number of aromatic nitrogens is 1. The Bertz CT molecular complexity index is 757. The molecule has 0 aliphatic heterocycles. The van der Waals surface area contributed by atoms with Gasteiger partial charge in [-0.25, -0.2) is 4.98 Å². The maximum atomic E-state index is 11.8. The number of thiazole rings is 1. The smallest absolute Gasteiger partial charge is 0.306 e. The topological polar surface area (TPSA) is 97.4 Å². The number of ether oxygens (including phenoxy) is 1. The van der Waals surface area contributed by atoms with Crippen molar-refractivity contribution in [2.75, 3.05) is 13.2 Å². The number of amides is 2. The summed E-state index contributed by atoms with van der Waals surface area (Å²) >= 11 is 1.62. The monoisotopic (exact) mass is 391 g/mol. The van der Waals surface area contributed by atoms with Gasteiger partial charge in [-0.15, -0.1) is 11.3 Å². The molecule has 27 heavy (non-hydrogen) atoms. The van der Waals surface area contributed by atoms with Crippen molar-refractivity contribution in [2.24, 2.45) is 0 Å².